The molecule has 210 valence electrons. The predicted octanol–water partition coefficient (Wildman–Crippen LogP) is 3.38. The Morgan fingerprint density at radius 1 is 1.08 bits per heavy atom. The number of aliphatic hydroxyl groups is 1. The molecule has 2 heterocycles. The third-order valence-corrected chi connectivity index (χ3v) is 5.78. The van der Waals surface area contributed by atoms with E-state index in [2.05, 4.69) is 15.3 Å². The Morgan fingerprint density at radius 2 is 1.77 bits per heavy atom. The number of alkyl halides is 3. The highest BCUT2D eigenvalue weighted by atomic mass is 19.4. The largest absolute Gasteiger partial charge is 0.491 e. The number of carbonyl (C=O) groups is 1. The van der Waals surface area contributed by atoms with E-state index in [4.69, 9.17) is 19.9 Å². The number of hydrogen-bond donors (Lipinski definition) is 3. The first-order chi connectivity index (χ1) is 18.5. The lowest BCUT2D eigenvalue weighted by atomic mass is 9.94. The second kappa shape index (κ2) is 12.3. The fraction of sp³-hybridized carbons (Fsp3) is 0.346. The monoisotopic (exact) mass is 552 g/mol. The van der Waals surface area contributed by atoms with Crippen molar-refractivity contribution in [2.45, 2.75) is 25.1 Å². The van der Waals surface area contributed by atoms with E-state index in [1.165, 1.54) is 38.5 Å². The third kappa shape index (κ3) is 6.37. The molecule has 2 aromatic heterocycles. The Bertz CT molecular complexity index is 1300. The van der Waals surface area contributed by atoms with Crippen LogP contribution >= 0.6 is 0 Å². The van der Waals surface area contributed by atoms with Gasteiger partial charge in [0, 0.05) is 12.1 Å². The molecule has 1 aromatic carbocycles. The van der Waals surface area contributed by atoms with Gasteiger partial charge in [0.1, 0.15) is 29.6 Å². The second-order valence-corrected chi connectivity index (χ2v) is 8.29. The van der Waals surface area contributed by atoms with Gasteiger partial charge in [0.25, 0.3) is 11.8 Å². The van der Waals surface area contributed by atoms with Gasteiger partial charge >= 0.3 is 6.18 Å². The maximum Gasteiger partial charge on any atom is 0.424 e. The number of nitrogens with zero attached hydrogens (tertiary/aromatic N) is 2. The van der Waals surface area contributed by atoms with Crippen LogP contribution in [0, 0.1) is 5.82 Å². The van der Waals surface area contributed by atoms with E-state index < -0.39 is 35.7 Å². The quantitative estimate of drug-likeness (QED) is 0.309. The number of carbonyl (C=O) groups excluding carboxylic acids is 1. The molecule has 0 aliphatic heterocycles. The molecule has 0 aliphatic rings. The van der Waals surface area contributed by atoms with Crippen molar-refractivity contribution >= 4 is 5.91 Å². The van der Waals surface area contributed by atoms with Crippen molar-refractivity contribution in [2.75, 3.05) is 33.9 Å². The minimum absolute atomic E-state index is 0.0418. The number of hydrogen-bond acceptors (Lipinski definition) is 8. The zero-order chi connectivity index (χ0) is 28.8. The van der Waals surface area contributed by atoms with Gasteiger partial charge < -0.3 is 30.4 Å². The van der Waals surface area contributed by atoms with Crippen molar-refractivity contribution < 1.29 is 41.7 Å². The summed E-state index contributed by atoms with van der Waals surface area (Å²) < 4.78 is 72.5. The maximum absolute atomic E-state index is 14.4. The van der Waals surface area contributed by atoms with Crippen LogP contribution < -0.4 is 25.3 Å². The van der Waals surface area contributed by atoms with Gasteiger partial charge in [0.2, 0.25) is 5.60 Å². The van der Waals surface area contributed by atoms with Crippen LogP contribution in [0.4, 0.5) is 17.6 Å². The molecule has 1 unspecified atom stereocenters. The molecule has 13 heteroatoms. The Hall–Kier alpha value is -3.97. The third-order valence-electron chi connectivity index (χ3n) is 5.78. The van der Waals surface area contributed by atoms with Gasteiger partial charge in [-0.1, -0.05) is 6.92 Å². The smallest absolute Gasteiger partial charge is 0.424 e. The van der Waals surface area contributed by atoms with E-state index in [1.807, 2.05) is 0 Å². The number of methoxy groups -OCH3 is 2. The van der Waals surface area contributed by atoms with Gasteiger partial charge in [-0.25, -0.2) is 14.4 Å². The molecule has 0 saturated carbocycles. The van der Waals surface area contributed by atoms with Crippen molar-refractivity contribution in [1.82, 2.24) is 15.3 Å². The van der Waals surface area contributed by atoms with Gasteiger partial charge in [-0.3, -0.25) is 4.79 Å². The number of halogens is 4. The number of rotatable bonds is 11. The van der Waals surface area contributed by atoms with Crippen LogP contribution in [0.1, 0.15) is 28.7 Å². The van der Waals surface area contributed by atoms with Crippen molar-refractivity contribution in [3.8, 4) is 28.6 Å². The molecule has 4 N–H and O–H groups in total. The Labute approximate surface area is 221 Å². The zero-order valence-corrected chi connectivity index (χ0v) is 21.4. The van der Waals surface area contributed by atoms with E-state index in [9.17, 15) is 27.5 Å². The Kier molecular flexibility index (Phi) is 9.30. The molecule has 0 bridgehead atoms. The summed E-state index contributed by atoms with van der Waals surface area (Å²) in [6.45, 7) is 0.560. The van der Waals surface area contributed by atoms with Gasteiger partial charge in [0.05, 0.1) is 26.5 Å². The molecular formula is C26H28F4N4O5. The fourth-order valence-corrected chi connectivity index (χ4v) is 3.68. The molecule has 0 saturated heterocycles. The molecule has 9 nitrogen and oxygen atoms in total. The van der Waals surface area contributed by atoms with Gasteiger partial charge in [-0.15, -0.1) is 0 Å². The van der Waals surface area contributed by atoms with Gasteiger partial charge in [-0.2, -0.15) is 13.2 Å². The van der Waals surface area contributed by atoms with Crippen LogP contribution in [0.2, 0.25) is 0 Å². The SMILES string of the molecule is CCc1cc(C(O)(CNC(=O)c2ccc(OC)c(OC)n2)C(F)(F)F)nc(-c2ccc(F)cc2)c1OCCN. The number of nitrogens with two attached hydrogens (primary N) is 1. The van der Waals surface area contributed by atoms with Crippen molar-refractivity contribution in [3.05, 3.63) is 65.2 Å². The number of nitrogens with one attached hydrogen (secondary N) is 1. The van der Waals surface area contributed by atoms with E-state index in [0.29, 0.717) is 5.56 Å². The lowest BCUT2D eigenvalue weighted by molar-refractivity contribution is -0.265. The number of aryl methyl sites for hydroxylation is 1. The second-order valence-electron chi connectivity index (χ2n) is 8.29. The van der Waals surface area contributed by atoms with Gasteiger partial charge in [0.15, 0.2) is 5.75 Å². The minimum Gasteiger partial charge on any atom is -0.491 e. The summed E-state index contributed by atoms with van der Waals surface area (Å²) in [6.07, 6.45) is -5.05. The van der Waals surface area contributed by atoms with Crippen LogP contribution in [-0.2, 0) is 12.0 Å². The highest BCUT2D eigenvalue weighted by Crippen LogP contribution is 2.42. The summed E-state index contributed by atoms with van der Waals surface area (Å²) in [5, 5.41) is 13.1. The number of aromatic nitrogens is 2. The van der Waals surface area contributed by atoms with Crippen LogP contribution in [-0.4, -0.2) is 61.1 Å². The first-order valence-corrected chi connectivity index (χ1v) is 11.8. The molecule has 3 rings (SSSR count). The summed E-state index contributed by atoms with van der Waals surface area (Å²) >= 11 is 0. The van der Waals surface area contributed by atoms with Crippen LogP contribution in [0.15, 0.2) is 42.5 Å². The number of benzene rings is 1. The highest BCUT2D eigenvalue weighted by molar-refractivity contribution is 5.92. The molecule has 0 radical (unpaired) electrons. The number of ether oxygens (including phenoxy) is 3. The minimum atomic E-state index is -5.26. The van der Waals surface area contributed by atoms with Crippen molar-refractivity contribution in [3.63, 3.8) is 0 Å². The molecule has 1 amide bonds. The van der Waals surface area contributed by atoms with Crippen LogP contribution in [0.3, 0.4) is 0 Å². The first-order valence-electron chi connectivity index (χ1n) is 11.8. The predicted molar refractivity (Wildman–Crippen MR) is 133 cm³/mol. The van der Waals surface area contributed by atoms with Gasteiger partial charge in [-0.05, 0) is 54.4 Å². The molecule has 1 atom stereocenters. The fourth-order valence-electron chi connectivity index (χ4n) is 3.68. The first kappa shape index (κ1) is 29.6. The lowest BCUT2D eigenvalue weighted by Crippen LogP contribution is -2.51. The van der Waals surface area contributed by atoms with E-state index in [-0.39, 0.29) is 53.9 Å². The van der Waals surface area contributed by atoms with Crippen molar-refractivity contribution in [1.29, 1.82) is 0 Å². The molecule has 0 fully saturated rings. The molecule has 0 aliphatic carbocycles. The van der Waals surface area contributed by atoms with E-state index >= 15 is 0 Å². The summed E-state index contributed by atoms with van der Waals surface area (Å²) in [4.78, 5) is 20.7. The molecule has 0 spiro atoms. The standard InChI is InChI=1S/C26H28F4N4O5/c1-4-15-13-20(34-21(22(15)39-12-11-31)16-5-7-17(27)8-6-16)25(36,26(28,29)30)14-32-23(35)18-9-10-19(37-2)24(33-18)38-3/h5-10,13,36H,4,11-12,14,31H2,1-3H3,(H,32,35). The number of amides is 1. The molecule has 3 aromatic rings. The maximum atomic E-state index is 14.4. The zero-order valence-electron chi connectivity index (χ0n) is 21.4. The topological polar surface area (TPSA) is 129 Å². The highest BCUT2D eigenvalue weighted by Gasteiger charge is 2.56. The molecular weight excluding hydrogens is 524 g/mol. The van der Waals surface area contributed by atoms with Crippen LogP contribution in [0.25, 0.3) is 11.3 Å². The summed E-state index contributed by atoms with van der Waals surface area (Å²) in [5.41, 5.74) is 1.38. The number of pyridine rings is 2. The van der Waals surface area contributed by atoms with E-state index in [1.54, 1.807) is 6.92 Å². The average Bonchev–Trinajstić information content (AvgIpc) is 2.93. The summed E-state index contributed by atoms with van der Waals surface area (Å²) in [5.74, 6) is -1.25. The average molecular weight is 553 g/mol. The normalized spacial score (nSPS) is 12.9. The lowest BCUT2D eigenvalue weighted by Gasteiger charge is -2.31. The summed E-state index contributed by atoms with van der Waals surface area (Å²) in [6, 6.07) is 8.55. The molecule has 39 heavy (non-hydrogen) atoms. The Balaban J connectivity index is 2.07. The summed E-state index contributed by atoms with van der Waals surface area (Å²) in [7, 11) is 2.64. The van der Waals surface area contributed by atoms with Crippen molar-refractivity contribution in [2.24, 2.45) is 5.73 Å². The Morgan fingerprint density at radius 3 is 2.33 bits per heavy atom. The van der Waals surface area contributed by atoms with Crippen LogP contribution in [0.5, 0.6) is 17.4 Å². The van der Waals surface area contributed by atoms with E-state index in [0.717, 1.165) is 18.2 Å².